The van der Waals surface area contributed by atoms with Crippen LogP contribution in [0.25, 0.3) is 0 Å². The van der Waals surface area contributed by atoms with Crippen molar-refractivity contribution < 1.29 is 9.59 Å². The zero-order valence-corrected chi connectivity index (χ0v) is 14.6. The molecular formula is C19H23N5O2. The molecule has 26 heavy (non-hydrogen) atoms. The van der Waals surface area contributed by atoms with Crippen LogP contribution in [0.1, 0.15) is 47.8 Å². The third kappa shape index (κ3) is 2.64. The van der Waals surface area contributed by atoms with Crippen LogP contribution in [-0.4, -0.2) is 39.4 Å². The largest absolute Gasteiger partial charge is 0.383 e. The number of imidazole rings is 1. The van der Waals surface area contributed by atoms with Gasteiger partial charge in [0.15, 0.2) is 5.69 Å². The maximum Gasteiger partial charge on any atom is 0.271 e. The van der Waals surface area contributed by atoms with Crippen molar-refractivity contribution in [3.05, 3.63) is 47.9 Å². The van der Waals surface area contributed by atoms with Crippen LogP contribution in [-0.2, 0) is 10.2 Å². The van der Waals surface area contributed by atoms with E-state index in [1.807, 2.05) is 27.7 Å². The number of amides is 2. The second kappa shape index (κ2) is 6.16. The minimum atomic E-state index is -0.618. The number of nitrogens with two attached hydrogens (primary N) is 2. The Bertz CT molecular complexity index is 833. The first-order valence-electron chi connectivity index (χ1n) is 9.00. The summed E-state index contributed by atoms with van der Waals surface area (Å²) in [6.45, 7) is 1.36. The van der Waals surface area contributed by atoms with E-state index in [2.05, 4.69) is 17.1 Å². The molecule has 1 aromatic heterocycles. The first kappa shape index (κ1) is 16.6. The van der Waals surface area contributed by atoms with Gasteiger partial charge in [0.1, 0.15) is 5.82 Å². The predicted octanol–water partition coefficient (Wildman–Crippen LogP) is 1.46. The van der Waals surface area contributed by atoms with E-state index in [9.17, 15) is 9.59 Å². The highest BCUT2D eigenvalue weighted by molar-refractivity contribution is 5.95. The molecule has 2 amide bonds. The van der Waals surface area contributed by atoms with Crippen molar-refractivity contribution in [2.45, 2.75) is 37.1 Å². The van der Waals surface area contributed by atoms with Gasteiger partial charge in [0.2, 0.25) is 5.91 Å². The second-order valence-electron chi connectivity index (χ2n) is 7.22. The zero-order chi connectivity index (χ0) is 18.3. The molecule has 0 bridgehead atoms. The molecule has 2 heterocycles. The van der Waals surface area contributed by atoms with Gasteiger partial charge in [-0.1, -0.05) is 30.3 Å². The molecule has 0 atom stereocenters. The molecule has 1 saturated carbocycles. The fourth-order valence-electron chi connectivity index (χ4n) is 4.01. The van der Waals surface area contributed by atoms with Crippen LogP contribution < -0.4 is 11.5 Å². The van der Waals surface area contributed by atoms with Crippen molar-refractivity contribution in [2.24, 2.45) is 5.73 Å². The van der Waals surface area contributed by atoms with Crippen molar-refractivity contribution >= 4 is 17.6 Å². The number of nitrogen functional groups attached to an aromatic ring is 1. The van der Waals surface area contributed by atoms with Crippen LogP contribution in [0.5, 0.6) is 0 Å². The molecule has 0 unspecified atom stereocenters. The van der Waals surface area contributed by atoms with E-state index >= 15 is 0 Å². The van der Waals surface area contributed by atoms with Gasteiger partial charge in [-0.3, -0.25) is 9.59 Å². The first-order chi connectivity index (χ1) is 12.5. The van der Waals surface area contributed by atoms with Gasteiger partial charge in [-0.05, 0) is 31.2 Å². The Kier molecular flexibility index (Phi) is 3.94. The SMILES string of the molecule is NC(=O)c1ncn(C2CCN(C(=O)C3(c4ccccc4)CC3)CC2)c1N. The number of nitrogens with zero attached hydrogens (tertiary/aromatic N) is 3. The summed E-state index contributed by atoms with van der Waals surface area (Å²) in [5.41, 5.74) is 12.2. The van der Waals surface area contributed by atoms with Crippen molar-refractivity contribution in [1.29, 1.82) is 0 Å². The average Bonchev–Trinajstić information content (AvgIpc) is 3.39. The van der Waals surface area contributed by atoms with E-state index in [0.29, 0.717) is 18.9 Å². The Hall–Kier alpha value is -2.83. The van der Waals surface area contributed by atoms with E-state index in [1.54, 1.807) is 6.33 Å². The summed E-state index contributed by atoms with van der Waals surface area (Å²) < 4.78 is 1.81. The predicted molar refractivity (Wildman–Crippen MR) is 97.4 cm³/mol. The van der Waals surface area contributed by atoms with Gasteiger partial charge in [0.25, 0.3) is 5.91 Å². The third-order valence-electron chi connectivity index (χ3n) is 5.70. The minimum Gasteiger partial charge on any atom is -0.383 e. The number of aromatic nitrogens is 2. The molecule has 4 N–H and O–H groups in total. The summed E-state index contributed by atoms with van der Waals surface area (Å²) in [4.78, 5) is 30.4. The number of hydrogen-bond donors (Lipinski definition) is 2. The van der Waals surface area contributed by atoms with Crippen molar-refractivity contribution in [3.63, 3.8) is 0 Å². The van der Waals surface area contributed by atoms with E-state index in [4.69, 9.17) is 11.5 Å². The van der Waals surface area contributed by atoms with Gasteiger partial charge in [-0.15, -0.1) is 0 Å². The lowest BCUT2D eigenvalue weighted by atomic mass is 9.93. The summed E-state index contributed by atoms with van der Waals surface area (Å²) >= 11 is 0. The maximum absolute atomic E-state index is 13.1. The molecule has 0 spiro atoms. The normalized spacial score (nSPS) is 19.3. The number of carbonyl (C=O) groups excluding carboxylic acids is 2. The molecule has 1 aliphatic heterocycles. The lowest BCUT2D eigenvalue weighted by molar-refractivity contribution is -0.135. The summed E-state index contributed by atoms with van der Waals surface area (Å²) in [6.07, 6.45) is 4.99. The van der Waals surface area contributed by atoms with E-state index in [-0.39, 0.29) is 23.1 Å². The molecule has 4 rings (SSSR count). The second-order valence-corrected chi connectivity index (χ2v) is 7.22. The summed E-state index contributed by atoms with van der Waals surface area (Å²) in [5, 5.41) is 0. The monoisotopic (exact) mass is 353 g/mol. The quantitative estimate of drug-likeness (QED) is 0.867. The summed E-state index contributed by atoms with van der Waals surface area (Å²) in [5.74, 6) is -0.0730. The number of rotatable bonds is 4. The van der Waals surface area contributed by atoms with E-state index in [1.165, 1.54) is 0 Å². The summed E-state index contributed by atoms with van der Waals surface area (Å²) in [6, 6.07) is 10.2. The highest BCUT2D eigenvalue weighted by Crippen LogP contribution is 2.50. The molecule has 2 aromatic rings. The van der Waals surface area contributed by atoms with Gasteiger partial charge < -0.3 is 20.9 Å². The number of benzene rings is 1. The van der Waals surface area contributed by atoms with E-state index in [0.717, 1.165) is 31.2 Å². The Morgan fingerprint density at radius 2 is 1.77 bits per heavy atom. The summed E-state index contributed by atoms with van der Waals surface area (Å²) in [7, 11) is 0. The van der Waals surface area contributed by atoms with Gasteiger partial charge in [0.05, 0.1) is 11.7 Å². The van der Waals surface area contributed by atoms with E-state index < -0.39 is 5.91 Å². The average molecular weight is 353 g/mol. The van der Waals surface area contributed by atoms with Gasteiger partial charge in [0, 0.05) is 19.1 Å². The number of likely N-dealkylation sites (tertiary alicyclic amines) is 1. The van der Waals surface area contributed by atoms with Gasteiger partial charge in [-0.25, -0.2) is 4.98 Å². The van der Waals surface area contributed by atoms with Crippen LogP contribution in [0, 0.1) is 0 Å². The van der Waals surface area contributed by atoms with Crippen molar-refractivity contribution in [1.82, 2.24) is 14.5 Å². The molecule has 7 heteroatoms. The molecular weight excluding hydrogens is 330 g/mol. The third-order valence-corrected chi connectivity index (χ3v) is 5.70. The van der Waals surface area contributed by atoms with Crippen LogP contribution in [0.3, 0.4) is 0 Å². The fourth-order valence-corrected chi connectivity index (χ4v) is 4.01. The van der Waals surface area contributed by atoms with Crippen LogP contribution in [0.2, 0.25) is 0 Å². The lowest BCUT2D eigenvalue weighted by Gasteiger charge is -2.35. The number of carbonyl (C=O) groups is 2. The zero-order valence-electron chi connectivity index (χ0n) is 14.6. The number of hydrogen-bond acceptors (Lipinski definition) is 4. The highest BCUT2D eigenvalue weighted by atomic mass is 16.2. The smallest absolute Gasteiger partial charge is 0.271 e. The molecule has 136 valence electrons. The molecule has 2 aliphatic rings. The lowest BCUT2D eigenvalue weighted by Crippen LogP contribution is -2.44. The molecule has 2 fully saturated rings. The molecule has 1 aliphatic carbocycles. The first-order valence-corrected chi connectivity index (χ1v) is 9.00. The highest BCUT2D eigenvalue weighted by Gasteiger charge is 2.53. The van der Waals surface area contributed by atoms with Crippen molar-refractivity contribution in [2.75, 3.05) is 18.8 Å². The topological polar surface area (TPSA) is 107 Å². The maximum atomic E-state index is 13.1. The fraction of sp³-hybridized carbons (Fsp3) is 0.421. The van der Waals surface area contributed by atoms with Crippen LogP contribution in [0.4, 0.5) is 5.82 Å². The molecule has 1 aromatic carbocycles. The molecule has 0 radical (unpaired) electrons. The van der Waals surface area contributed by atoms with Crippen molar-refractivity contribution in [3.8, 4) is 0 Å². The molecule has 7 nitrogen and oxygen atoms in total. The van der Waals surface area contributed by atoms with Gasteiger partial charge in [-0.2, -0.15) is 0 Å². The molecule has 1 saturated heterocycles. The Labute approximate surface area is 152 Å². The Morgan fingerprint density at radius 1 is 1.12 bits per heavy atom. The Morgan fingerprint density at radius 3 is 2.31 bits per heavy atom. The standard InChI is InChI=1S/C19H23N5O2/c20-16-15(17(21)25)22-12-24(16)14-6-10-23(11-7-14)18(26)19(8-9-19)13-4-2-1-3-5-13/h1-5,12,14H,6-11,20H2,(H2,21,25). The van der Waals surface area contributed by atoms with Gasteiger partial charge >= 0.3 is 0 Å². The van der Waals surface area contributed by atoms with Crippen LogP contribution in [0.15, 0.2) is 36.7 Å². The minimum absolute atomic E-state index is 0.115. The van der Waals surface area contributed by atoms with Crippen LogP contribution >= 0.6 is 0 Å². The Balaban J connectivity index is 1.44. The number of anilines is 1. The number of piperidine rings is 1. The number of primary amides is 1.